The summed E-state index contributed by atoms with van der Waals surface area (Å²) in [6, 6.07) is 0. The van der Waals surface area contributed by atoms with Crippen LogP contribution in [0.2, 0.25) is 0 Å². The van der Waals surface area contributed by atoms with Gasteiger partial charge in [-0.2, -0.15) is 0 Å². The quantitative estimate of drug-likeness (QED) is 0.763. The second-order valence-electron chi connectivity index (χ2n) is 6.95. The van der Waals surface area contributed by atoms with Crippen LogP contribution in [0.25, 0.3) is 0 Å². The zero-order valence-electron chi connectivity index (χ0n) is 11.7. The number of hydrogen-bond acceptors (Lipinski definition) is 2. The normalized spacial score (nSPS) is 38.9. The van der Waals surface area contributed by atoms with Crippen LogP contribution in [0.1, 0.15) is 51.4 Å². The monoisotopic (exact) mass is 286 g/mol. The van der Waals surface area contributed by atoms with E-state index < -0.39 is 0 Å². The molecule has 4 fully saturated rings. The lowest BCUT2D eigenvalue weighted by molar-refractivity contribution is -0.146. The molecular weight excluding hydrogens is 260 g/mol. The van der Waals surface area contributed by atoms with Crippen molar-refractivity contribution in [1.29, 1.82) is 0 Å². The maximum absolute atomic E-state index is 12.5. The molecule has 1 amide bonds. The van der Waals surface area contributed by atoms with Crippen molar-refractivity contribution in [3.63, 3.8) is 0 Å². The van der Waals surface area contributed by atoms with Crippen LogP contribution in [0.5, 0.6) is 0 Å². The largest absolute Gasteiger partial charge is 0.356 e. The van der Waals surface area contributed by atoms with Crippen molar-refractivity contribution in [2.75, 3.05) is 13.1 Å². The van der Waals surface area contributed by atoms with Crippen LogP contribution in [-0.2, 0) is 4.79 Å². The molecule has 0 saturated heterocycles. The average molecular weight is 287 g/mol. The molecular formula is C15H27ClN2O. The van der Waals surface area contributed by atoms with Crippen molar-refractivity contribution in [1.82, 2.24) is 5.32 Å². The molecule has 0 aromatic heterocycles. The lowest BCUT2D eigenvalue weighted by Crippen LogP contribution is -2.53. The van der Waals surface area contributed by atoms with Gasteiger partial charge >= 0.3 is 0 Å². The number of unbranched alkanes of at least 4 members (excludes halogenated alkanes) is 1. The Morgan fingerprint density at radius 3 is 2.05 bits per heavy atom. The fourth-order valence-electron chi connectivity index (χ4n) is 5.05. The SMILES string of the molecule is Cl.NCCCCNC(=O)C12CC3CC(CC(C3)C1)C2. The first-order valence-electron chi connectivity index (χ1n) is 7.70. The number of carbonyl (C=O) groups excluding carboxylic acids is 1. The molecule has 0 aliphatic heterocycles. The van der Waals surface area contributed by atoms with E-state index in [0.29, 0.717) is 5.91 Å². The van der Waals surface area contributed by atoms with Crippen molar-refractivity contribution in [2.24, 2.45) is 28.9 Å². The minimum atomic E-state index is 0. The molecule has 4 heteroatoms. The third-order valence-corrected chi connectivity index (χ3v) is 5.44. The highest BCUT2D eigenvalue weighted by Gasteiger charge is 2.54. The molecule has 4 aliphatic rings. The van der Waals surface area contributed by atoms with E-state index in [-0.39, 0.29) is 17.8 Å². The number of nitrogens with one attached hydrogen (secondary N) is 1. The minimum absolute atomic E-state index is 0. The van der Waals surface area contributed by atoms with Gasteiger partial charge in [-0.05, 0) is 75.7 Å². The fourth-order valence-corrected chi connectivity index (χ4v) is 5.05. The zero-order chi connectivity index (χ0) is 12.6. The highest BCUT2D eigenvalue weighted by Crippen LogP contribution is 2.60. The first kappa shape index (κ1) is 15.1. The zero-order valence-corrected chi connectivity index (χ0v) is 12.5. The Balaban J connectivity index is 0.00000133. The van der Waals surface area contributed by atoms with E-state index >= 15 is 0 Å². The van der Waals surface area contributed by atoms with Gasteiger partial charge in [0, 0.05) is 12.0 Å². The molecule has 4 rings (SSSR count). The summed E-state index contributed by atoms with van der Waals surface area (Å²) in [6.45, 7) is 1.55. The Morgan fingerprint density at radius 1 is 1.05 bits per heavy atom. The first-order chi connectivity index (χ1) is 8.72. The Hall–Kier alpha value is -0.280. The van der Waals surface area contributed by atoms with E-state index in [4.69, 9.17) is 5.73 Å². The van der Waals surface area contributed by atoms with Gasteiger partial charge in [0.1, 0.15) is 0 Å². The molecule has 0 unspecified atom stereocenters. The van der Waals surface area contributed by atoms with Crippen LogP contribution >= 0.6 is 12.4 Å². The minimum Gasteiger partial charge on any atom is -0.356 e. The van der Waals surface area contributed by atoms with E-state index in [1.807, 2.05) is 0 Å². The predicted octanol–water partition coefficient (Wildman–Crippen LogP) is 2.48. The fraction of sp³-hybridized carbons (Fsp3) is 0.933. The lowest BCUT2D eigenvalue weighted by atomic mass is 9.49. The summed E-state index contributed by atoms with van der Waals surface area (Å²) in [5.74, 6) is 2.92. The summed E-state index contributed by atoms with van der Waals surface area (Å²) >= 11 is 0. The maximum Gasteiger partial charge on any atom is 0.226 e. The highest BCUT2D eigenvalue weighted by atomic mass is 35.5. The second kappa shape index (κ2) is 6.01. The lowest BCUT2D eigenvalue weighted by Gasteiger charge is -2.55. The van der Waals surface area contributed by atoms with Gasteiger partial charge in [-0.3, -0.25) is 4.79 Å². The summed E-state index contributed by atoms with van der Waals surface area (Å²) < 4.78 is 0. The maximum atomic E-state index is 12.5. The van der Waals surface area contributed by atoms with E-state index in [9.17, 15) is 4.79 Å². The molecule has 0 spiro atoms. The van der Waals surface area contributed by atoms with Crippen LogP contribution in [0.3, 0.4) is 0 Å². The smallest absolute Gasteiger partial charge is 0.226 e. The summed E-state index contributed by atoms with van der Waals surface area (Å²) in [6.07, 6.45) is 9.75. The molecule has 19 heavy (non-hydrogen) atoms. The Morgan fingerprint density at radius 2 is 1.58 bits per heavy atom. The van der Waals surface area contributed by atoms with Crippen molar-refractivity contribution in [3.05, 3.63) is 0 Å². The summed E-state index contributed by atoms with van der Waals surface area (Å²) in [4.78, 5) is 12.5. The van der Waals surface area contributed by atoms with Crippen molar-refractivity contribution >= 4 is 18.3 Å². The van der Waals surface area contributed by atoms with E-state index in [1.54, 1.807) is 0 Å². The number of hydrogen-bond donors (Lipinski definition) is 2. The molecule has 3 nitrogen and oxygen atoms in total. The van der Waals surface area contributed by atoms with Gasteiger partial charge in [0.05, 0.1) is 0 Å². The molecule has 4 saturated carbocycles. The van der Waals surface area contributed by atoms with Crippen LogP contribution in [0, 0.1) is 23.2 Å². The molecule has 0 aromatic rings. The topological polar surface area (TPSA) is 55.1 Å². The Bertz CT molecular complexity index is 297. The van der Waals surface area contributed by atoms with E-state index in [1.165, 1.54) is 38.5 Å². The Labute approximate surface area is 122 Å². The van der Waals surface area contributed by atoms with Gasteiger partial charge in [0.2, 0.25) is 5.91 Å². The molecule has 0 heterocycles. The molecule has 0 aromatic carbocycles. The highest BCUT2D eigenvalue weighted by molar-refractivity contribution is 5.85. The number of carbonyl (C=O) groups is 1. The molecule has 0 radical (unpaired) electrons. The van der Waals surface area contributed by atoms with Crippen molar-refractivity contribution < 1.29 is 4.79 Å². The molecule has 3 N–H and O–H groups in total. The number of rotatable bonds is 5. The van der Waals surface area contributed by atoms with Gasteiger partial charge in [-0.25, -0.2) is 0 Å². The second-order valence-corrected chi connectivity index (χ2v) is 6.95. The summed E-state index contributed by atoms with van der Waals surface area (Å²) in [5.41, 5.74) is 5.50. The third kappa shape index (κ3) is 2.92. The molecule has 4 aliphatic carbocycles. The predicted molar refractivity (Wildman–Crippen MR) is 79.2 cm³/mol. The van der Waals surface area contributed by atoms with Gasteiger partial charge < -0.3 is 11.1 Å². The Kier molecular flexibility index (Phi) is 4.78. The van der Waals surface area contributed by atoms with Gasteiger partial charge in [-0.1, -0.05) is 0 Å². The standard InChI is InChI=1S/C15H26N2O.ClH/c16-3-1-2-4-17-14(18)15-8-11-5-12(9-15)7-13(6-11)10-15;/h11-13H,1-10,16H2,(H,17,18);1H. The molecule has 0 atom stereocenters. The summed E-state index contributed by atoms with van der Waals surface area (Å²) in [7, 11) is 0. The number of halogens is 1. The molecule has 4 bridgehead atoms. The third-order valence-electron chi connectivity index (χ3n) is 5.44. The van der Waals surface area contributed by atoms with Crippen LogP contribution < -0.4 is 11.1 Å². The van der Waals surface area contributed by atoms with Crippen molar-refractivity contribution in [2.45, 2.75) is 51.4 Å². The van der Waals surface area contributed by atoms with E-state index in [2.05, 4.69) is 5.32 Å². The first-order valence-corrected chi connectivity index (χ1v) is 7.70. The van der Waals surface area contributed by atoms with Crippen LogP contribution in [0.15, 0.2) is 0 Å². The van der Waals surface area contributed by atoms with Crippen LogP contribution in [-0.4, -0.2) is 19.0 Å². The van der Waals surface area contributed by atoms with Gasteiger partial charge in [-0.15, -0.1) is 12.4 Å². The van der Waals surface area contributed by atoms with Gasteiger partial charge in [0.25, 0.3) is 0 Å². The van der Waals surface area contributed by atoms with Crippen molar-refractivity contribution in [3.8, 4) is 0 Å². The van der Waals surface area contributed by atoms with Gasteiger partial charge in [0.15, 0.2) is 0 Å². The van der Waals surface area contributed by atoms with Crippen LogP contribution in [0.4, 0.5) is 0 Å². The average Bonchev–Trinajstić information content (AvgIpc) is 2.32. The summed E-state index contributed by atoms with van der Waals surface area (Å²) in [5, 5.41) is 3.18. The number of amides is 1. The number of nitrogens with two attached hydrogens (primary N) is 1. The van der Waals surface area contributed by atoms with E-state index in [0.717, 1.165) is 43.7 Å². The molecule has 110 valence electrons.